The molecule has 1 atom stereocenters. The molecule has 0 spiro atoms. The molecule has 1 aliphatic carbocycles. The van der Waals surface area contributed by atoms with E-state index in [1.807, 2.05) is 11.9 Å². The molecule has 1 unspecified atom stereocenters. The van der Waals surface area contributed by atoms with Crippen molar-refractivity contribution in [3.8, 4) is 0 Å². The van der Waals surface area contributed by atoms with Crippen molar-refractivity contribution in [3.05, 3.63) is 35.6 Å². The molecule has 0 aromatic heterocycles. The highest BCUT2D eigenvalue weighted by atomic mass is 19.1. The number of amides is 1. The first-order chi connectivity index (χ1) is 12.0. The predicted molar refractivity (Wildman–Crippen MR) is 95.9 cm³/mol. The highest BCUT2D eigenvalue weighted by molar-refractivity contribution is 5.79. The maximum atomic E-state index is 13.0. The van der Waals surface area contributed by atoms with Gasteiger partial charge in [0.15, 0.2) is 5.96 Å². The first-order valence-corrected chi connectivity index (χ1v) is 8.63. The maximum Gasteiger partial charge on any atom is 0.407 e. The van der Waals surface area contributed by atoms with Crippen molar-refractivity contribution >= 4 is 12.1 Å². The van der Waals surface area contributed by atoms with Gasteiger partial charge in [-0.1, -0.05) is 12.1 Å². The van der Waals surface area contributed by atoms with E-state index >= 15 is 0 Å². The lowest BCUT2D eigenvalue weighted by molar-refractivity contribution is 0.146. The zero-order chi connectivity index (χ0) is 18.2. The molecule has 2 rings (SSSR count). The average molecular weight is 350 g/mol. The predicted octanol–water partition coefficient (Wildman–Crippen LogP) is 2.36. The molecule has 7 heteroatoms. The molecule has 0 aliphatic heterocycles. The average Bonchev–Trinajstić information content (AvgIpc) is 3.41. The maximum absolute atomic E-state index is 13.0. The Labute approximate surface area is 148 Å². The third-order valence-corrected chi connectivity index (χ3v) is 4.16. The first-order valence-electron chi connectivity index (χ1n) is 8.63. The van der Waals surface area contributed by atoms with Gasteiger partial charge in [-0.15, -0.1) is 0 Å². The summed E-state index contributed by atoms with van der Waals surface area (Å²) >= 11 is 0. The largest absolute Gasteiger partial charge is 0.450 e. The molecule has 0 saturated heterocycles. The highest BCUT2D eigenvalue weighted by Crippen LogP contribution is 2.32. The Morgan fingerprint density at radius 3 is 2.64 bits per heavy atom. The van der Waals surface area contributed by atoms with Crippen LogP contribution in [0, 0.1) is 11.7 Å². The summed E-state index contributed by atoms with van der Waals surface area (Å²) < 4.78 is 18.0. The van der Waals surface area contributed by atoms with Gasteiger partial charge in [0.25, 0.3) is 0 Å². The van der Waals surface area contributed by atoms with Gasteiger partial charge in [-0.2, -0.15) is 0 Å². The number of guanidine groups is 1. The van der Waals surface area contributed by atoms with Gasteiger partial charge in [-0.25, -0.2) is 9.18 Å². The number of halogens is 1. The van der Waals surface area contributed by atoms with Crippen LogP contribution in [0.15, 0.2) is 29.3 Å². The summed E-state index contributed by atoms with van der Waals surface area (Å²) in [5.74, 6) is 0.962. The molecule has 1 fully saturated rings. The topological polar surface area (TPSA) is 66.0 Å². The molecule has 1 saturated carbocycles. The van der Waals surface area contributed by atoms with Gasteiger partial charge in [0.1, 0.15) is 5.82 Å². The van der Waals surface area contributed by atoms with Crippen LogP contribution in [0.25, 0.3) is 0 Å². The van der Waals surface area contributed by atoms with Crippen molar-refractivity contribution in [1.29, 1.82) is 0 Å². The smallest absolute Gasteiger partial charge is 0.407 e. The van der Waals surface area contributed by atoms with E-state index in [4.69, 9.17) is 4.74 Å². The number of ether oxygens (including phenoxy) is 1. The fraction of sp³-hybridized carbons (Fsp3) is 0.556. The van der Waals surface area contributed by atoms with Crippen LogP contribution in [-0.4, -0.2) is 50.2 Å². The number of carbonyl (C=O) groups excluding carboxylic acids is 1. The van der Waals surface area contributed by atoms with E-state index in [2.05, 4.69) is 15.6 Å². The summed E-state index contributed by atoms with van der Waals surface area (Å²) in [4.78, 5) is 17.9. The van der Waals surface area contributed by atoms with E-state index in [-0.39, 0.29) is 18.0 Å². The normalized spacial score (nSPS) is 15.4. The van der Waals surface area contributed by atoms with Crippen molar-refractivity contribution in [2.75, 3.05) is 27.2 Å². The molecule has 138 valence electrons. The van der Waals surface area contributed by atoms with Crippen LogP contribution in [-0.2, 0) is 11.3 Å². The van der Waals surface area contributed by atoms with Gasteiger partial charge in [0.2, 0.25) is 0 Å². The molecule has 1 amide bonds. The van der Waals surface area contributed by atoms with Crippen LogP contribution in [0.5, 0.6) is 0 Å². The number of alkyl carbamates (subject to hydrolysis) is 1. The van der Waals surface area contributed by atoms with Crippen LogP contribution in [0.4, 0.5) is 9.18 Å². The van der Waals surface area contributed by atoms with E-state index in [1.165, 1.54) is 12.1 Å². The standard InChI is InChI=1S/C18H27FN4O2/c1-4-25-18(24)22-16(14-7-8-14)11-21-17(20-2)23(3)12-13-5-9-15(19)10-6-13/h5-6,9-10,14,16H,4,7-8,11-12H2,1-3H3,(H,20,21)(H,22,24). The summed E-state index contributed by atoms with van der Waals surface area (Å²) in [6, 6.07) is 6.44. The van der Waals surface area contributed by atoms with Crippen molar-refractivity contribution in [3.63, 3.8) is 0 Å². The molecule has 0 heterocycles. The number of aliphatic imine (C=N–C) groups is 1. The molecule has 1 aromatic rings. The number of rotatable bonds is 7. The van der Waals surface area contributed by atoms with Gasteiger partial charge in [-0.3, -0.25) is 4.99 Å². The summed E-state index contributed by atoms with van der Waals surface area (Å²) in [5.41, 5.74) is 0.996. The third-order valence-electron chi connectivity index (χ3n) is 4.16. The molecule has 6 nitrogen and oxygen atoms in total. The summed E-state index contributed by atoms with van der Waals surface area (Å²) in [5, 5.41) is 6.22. The minimum Gasteiger partial charge on any atom is -0.450 e. The van der Waals surface area contributed by atoms with Crippen molar-refractivity contribution in [2.45, 2.75) is 32.4 Å². The van der Waals surface area contributed by atoms with E-state index in [0.29, 0.717) is 25.6 Å². The van der Waals surface area contributed by atoms with Gasteiger partial charge in [0, 0.05) is 27.2 Å². The molecule has 2 N–H and O–H groups in total. The molecule has 1 aliphatic rings. The van der Waals surface area contributed by atoms with Crippen LogP contribution >= 0.6 is 0 Å². The van der Waals surface area contributed by atoms with Crippen LogP contribution in [0.2, 0.25) is 0 Å². The first kappa shape index (κ1) is 19.0. The van der Waals surface area contributed by atoms with E-state index < -0.39 is 0 Å². The Morgan fingerprint density at radius 1 is 1.40 bits per heavy atom. The van der Waals surface area contributed by atoms with Crippen LogP contribution < -0.4 is 10.6 Å². The second-order valence-electron chi connectivity index (χ2n) is 6.22. The van der Waals surface area contributed by atoms with Crippen molar-refractivity contribution in [1.82, 2.24) is 15.5 Å². The van der Waals surface area contributed by atoms with Crippen LogP contribution in [0.3, 0.4) is 0 Å². The summed E-state index contributed by atoms with van der Waals surface area (Å²) in [7, 11) is 3.64. The van der Waals surface area contributed by atoms with Crippen molar-refractivity contribution < 1.29 is 13.9 Å². The van der Waals surface area contributed by atoms with E-state index in [9.17, 15) is 9.18 Å². The minimum absolute atomic E-state index is 0.0232. The number of nitrogens with one attached hydrogen (secondary N) is 2. The summed E-state index contributed by atoms with van der Waals surface area (Å²) in [6.07, 6.45) is 1.85. The number of hydrogen-bond donors (Lipinski definition) is 2. The Balaban J connectivity index is 1.86. The lowest BCUT2D eigenvalue weighted by atomic mass is 10.2. The SMILES string of the molecule is CCOC(=O)NC(CNC(=NC)N(C)Cc1ccc(F)cc1)C1CC1. The molecule has 1 aromatic carbocycles. The van der Waals surface area contributed by atoms with Gasteiger partial charge < -0.3 is 20.3 Å². The molecule has 0 bridgehead atoms. The molecule has 25 heavy (non-hydrogen) atoms. The lowest BCUT2D eigenvalue weighted by Crippen LogP contribution is -2.48. The highest BCUT2D eigenvalue weighted by Gasteiger charge is 2.32. The van der Waals surface area contributed by atoms with Gasteiger partial charge in [-0.05, 0) is 43.4 Å². The summed E-state index contributed by atoms with van der Waals surface area (Å²) in [6.45, 7) is 3.35. The van der Waals surface area contributed by atoms with Gasteiger partial charge in [0.05, 0.1) is 12.6 Å². The molecule has 0 radical (unpaired) electrons. The monoisotopic (exact) mass is 350 g/mol. The quantitative estimate of drug-likeness (QED) is 0.585. The number of nitrogens with zero attached hydrogens (tertiary/aromatic N) is 2. The van der Waals surface area contributed by atoms with Crippen molar-refractivity contribution in [2.24, 2.45) is 10.9 Å². The van der Waals surface area contributed by atoms with E-state index in [0.717, 1.165) is 24.4 Å². The fourth-order valence-electron chi connectivity index (χ4n) is 2.68. The zero-order valence-electron chi connectivity index (χ0n) is 15.1. The third kappa shape index (κ3) is 6.25. The van der Waals surface area contributed by atoms with E-state index in [1.54, 1.807) is 26.1 Å². The Bertz CT molecular complexity index is 587. The zero-order valence-corrected chi connectivity index (χ0v) is 15.1. The molecular weight excluding hydrogens is 323 g/mol. The Morgan fingerprint density at radius 2 is 2.08 bits per heavy atom. The minimum atomic E-state index is -0.379. The second kappa shape index (κ2) is 9.25. The lowest BCUT2D eigenvalue weighted by Gasteiger charge is -2.25. The number of hydrogen-bond acceptors (Lipinski definition) is 3. The number of carbonyl (C=O) groups is 1. The van der Waals surface area contributed by atoms with Gasteiger partial charge >= 0.3 is 6.09 Å². The number of benzene rings is 1. The second-order valence-corrected chi connectivity index (χ2v) is 6.22. The van der Waals surface area contributed by atoms with Crippen LogP contribution in [0.1, 0.15) is 25.3 Å². The fourth-order valence-corrected chi connectivity index (χ4v) is 2.68. The Kier molecular flexibility index (Phi) is 7.03. The molecular formula is C18H27FN4O2. The Hall–Kier alpha value is -2.31.